The van der Waals surface area contributed by atoms with E-state index in [4.69, 9.17) is 12.6 Å². The van der Waals surface area contributed by atoms with Gasteiger partial charge in [0.15, 0.2) is 5.78 Å². The van der Waals surface area contributed by atoms with Crippen molar-refractivity contribution in [1.29, 1.82) is 0 Å². The van der Waals surface area contributed by atoms with E-state index in [-0.39, 0.29) is 17.0 Å². The van der Waals surface area contributed by atoms with Crippen LogP contribution in [0.25, 0.3) is 0 Å². The first kappa shape index (κ1) is 18.9. The molecular weight excluding hydrogens is 347 g/mol. The van der Waals surface area contributed by atoms with Crippen molar-refractivity contribution in [2.45, 2.75) is 43.8 Å². The van der Waals surface area contributed by atoms with Gasteiger partial charge in [0.05, 0.1) is 20.0 Å². The van der Waals surface area contributed by atoms with Gasteiger partial charge in [0.2, 0.25) is 0 Å². The second-order valence-electron chi connectivity index (χ2n) is 8.68. The van der Waals surface area contributed by atoms with Crippen molar-refractivity contribution in [3.63, 3.8) is 0 Å². The molecule has 144 valence electrons. The van der Waals surface area contributed by atoms with Gasteiger partial charge < -0.3 is 9.64 Å². The topological polar surface area (TPSA) is 29.5 Å². The number of nitrogens with zero attached hydrogens (tertiary/aromatic N) is 1. The van der Waals surface area contributed by atoms with Crippen LogP contribution in [0.15, 0.2) is 12.1 Å². The largest absolute Gasteiger partial charge is 0.493 e. The molecule has 0 amide bonds. The summed E-state index contributed by atoms with van der Waals surface area (Å²) in [6.07, 6.45) is 5.49. The van der Waals surface area contributed by atoms with Gasteiger partial charge in [-0.1, -0.05) is 11.7 Å². The fourth-order valence-electron chi connectivity index (χ4n) is 4.48. The summed E-state index contributed by atoms with van der Waals surface area (Å²) in [5.41, 5.74) is -0.426. The molecule has 3 aliphatic rings. The van der Waals surface area contributed by atoms with Gasteiger partial charge in [0.1, 0.15) is 17.4 Å². The fraction of sp³-hybridized carbons (Fsp3) is 0.667. The Balaban J connectivity index is 1.30. The lowest BCUT2D eigenvalue weighted by Gasteiger charge is -2.30. The van der Waals surface area contributed by atoms with Crippen LogP contribution in [0.3, 0.4) is 0 Å². The highest BCUT2D eigenvalue weighted by Gasteiger charge is 2.52. The number of halogens is 2. The van der Waals surface area contributed by atoms with Crippen LogP contribution in [0.1, 0.15) is 48.9 Å². The maximum Gasteiger partial charge on any atom is 0.171 e. The Morgan fingerprint density at radius 2 is 1.85 bits per heavy atom. The van der Waals surface area contributed by atoms with E-state index >= 15 is 0 Å². The van der Waals surface area contributed by atoms with Gasteiger partial charge in [-0.2, -0.15) is 0 Å². The molecule has 2 saturated carbocycles. The summed E-state index contributed by atoms with van der Waals surface area (Å²) in [5.74, 6) is -0.992. The summed E-state index contributed by atoms with van der Waals surface area (Å²) in [5, 5.41) is -0.209. The molecule has 0 aromatic heterocycles. The smallest absolute Gasteiger partial charge is 0.171 e. The number of ketones is 1. The molecule has 3 fully saturated rings. The highest BCUT2D eigenvalue weighted by atomic mass is 19.1. The molecule has 2 radical (unpaired) electrons. The average molecular weight is 373 g/mol. The van der Waals surface area contributed by atoms with Gasteiger partial charge in [-0.25, -0.2) is 8.78 Å². The zero-order chi connectivity index (χ0) is 19.2. The number of Topliss-reactive ketones (excluding diaryl/α,β-unsaturated/α-hetero) is 1. The molecule has 0 N–H and O–H groups in total. The molecule has 1 saturated heterocycles. The lowest BCUT2D eigenvalue weighted by atomic mass is 9.74. The molecular formula is C21H26BF2NO2. The van der Waals surface area contributed by atoms with Gasteiger partial charge in [-0.15, -0.1) is 0 Å². The summed E-state index contributed by atoms with van der Waals surface area (Å²) in [4.78, 5) is 14.3. The molecule has 4 rings (SSSR count). The van der Waals surface area contributed by atoms with Crippen LogP contribution in [0.5, 0.6) is 5.75 Å². The number of likely N-dealkylation sites (tertiary alicyclic amines) is 1. The summed E-state index contributed by atoms with van der Waals surface area (Å²) in [7, 11) is 8.65. The minimum absolute atomic E-state index is 0.123. The van der Waals surface area contributed by atoms with Crippen molar-refractivity contribution in [2.24, 2.45) is 17.8 Å². The molecule has 6 heteroatoms. The normalized spacial score (nSPS) is 28.9. The molecule has 1 aromatic carbocycles. The summed E-state index contributed by atoms with van der Waals surface area (Å²) in [6, 6.07) is 2.23. The molecule has 1 heterocycles. The van der Waals surface area contributed by atoms with Crippen LogP contribution in [0.2, 0.25) is 5.31 Å². The number of rotatable bonds is 7. The first-order valence-corrected chi connectivity index (χ1v) is 10.0. The molecule has 2 atom stereocenters. The maximum atomic E-state index is 14.2. The highest BCUT2D eigenvalue weighted by Crippen LogP contribution is 2.64. The van der Waals surface area contributed by atoms with E-state index in [1.54, 1.807) is 0 Å². The van der Waals surface area contributed by atoms with Crippen LogP contribution in [-0.4, -0.2) is 45.3 Å². The summed E-state index contributed by atoms with van der Waals surface area (Å²) >= 11 is 0. The molecule has 2 unspecified atom stereocenters. The third-order valence-corrected chi connectivity index (χ3v) is 6.56. The highest BCUT2D eigenvalue weighted by molar-refractivity contribution is 6.17. The Morgan fingerprint density at radius 3 is 2.44 bits per heavy atom. The van der Waals surface area contributed by atoms with Crippen molar-refractivity contribution in [3.8, 4) is 5.75 Å². The van der Waals surface area contributed by atoms with Gasteiger partial charge in [-0.05, 0) is 64.1 Å². The minimum atomic E-state index is -0.833. The fourth-order valence-corrected chi connectivity index (χ4v) is 4.48. The molecule has 0 spiro atoms. The third kappa shape index (κ3) is 4.05. The first-order valence-electron chi connectivity index (χ1n) is 10.0. The van der Waals surface area contributed by atoms with Crippen molar-refractivity contribution in [1.82, 2.24) is 4.90 Å². The number of piperidine rings is 1. The lowest BCUT2D eigenvalue weighted by molar-refractivity contribution is 0.0959. The van der Waals surface area contributed by atoms with Crippen molar-refractivity contribution in [2.75, 3.05) is 26.7 Å². The maximum absolute atomic E-state index is 14.2. The van der Waals surface area contributed by atoms with Gasteiger partial charge in [0.25, 0.3) is 0 Å². The van der Waals surface area contributed by atoms with E-state index in [0.717, 1.165) is 31.6 Å². The van der Waals surface area contributed by atoms with Crippen LogP contribution >= 0.6 is 0 Å². The molecule has 1 aliphatic heterocycles. The predicted molar refractivity (Wildman–Crippen MR) is 100 cm³/mol. The first-order chi connectivity index (χ1) is 12.9. The standard InChI is InChI=1S/C21H26BF2NO2/c1-25-7-4-13(5-8-25)16-12-21(16,22)6-9-27-15-10-17(23)19(18(24)11-15)20(26)14-2-3-14/h10-11,13-14,16H,2-9,12H2,1H3. The number of carbonyl (C=O) groups excluding carboxylic acids is 1. The molecule has 1 aromatic rings. The van der Waals surface area contributed by atoms with Gasteiger partial charge >= 0.3 is 0 Å². The Bertz CT molecular complexity index is 708. The molecule has 3 nitrogen and oxygen atoms in total. The quantitative estimate of drug-likeness (QED) is 0.534. The number of benzene rings is 1. The Morgan fingerprint density at radius 1 is 1.22 bits per heavy atom. The second kappa shape index (κ2) is 7.19. The van der Waals surface area contributed by atoms with E-state index < -0.39 is 23.0 Å². The zero-order valence-electron chi connectivity index (χ0n) is 15.8. The third-order valence-electron chi connectivity index (χ3n) is 6.56. The summed E-state index contributed by atoms with van der Waals surface area (Å²) < 4.78 is 33.9. The molecule has 2 aliphatic carbocycles. The SMILES string of the molecule is [B]C1(CCOc2cc(F)c(C(=O)C3CC3)c(F)c2)CC1C1CCN(C)CC1. The predicted octanol–water partition coefficient (Wildman–Crippen LogP) is 4.02. The monoisotopic (exact) mass is 373 g/mol. The van der Waals surface area contributed by atoms with E-state index in [2.05, 4.69) is 11.9 Å². The Kier molecular flexibility index (Phi) is 5.04. The van der Waals surface area contributed by atoms with Gasteiger partial charge in [-0.3, -0.25) is 4.79 Å². The van der Waals surface area contributed by atoms with Crippen LogP contribution < -0.4 is 4.74 Å². The van der Waals surface area contributed by atoms with Crippen LogP contribution in [0, 0.1) is 29.4 Å². The lowest BCUT2D eigenvalue weighted by Crippen LogP contribution is -2.31. The zero-order valence-corrected chi connectivity index (χ0v) is 15.8. The number of ether oxygens (including phenoxy) is 1. The van der Waals surface area contributed by atoms with Crippen LogP contribution in [-0.2, 0) is 0 Å². The number of hydrogen-bond acceptors (Lipinski definition) is 3. The molecule has 27 heavy (non-hydrogen) atoms. The van der Waals surface area contributed by atoms with Crippen molar-refractivity contribution in [3.05, 3.63) is 29.3 Å². The van der Waals surface area contributed by atoms with Crippen molar-refractivity contribution >= 4 is 13.6 Å². The molecule has 0 bridgehead atoms. The summed E-state index contributed by atoms with van der Waals surface area (Å²) in [6.45, 7) is 2.57. The Hall–Kier alpha value is -1.43. The van der Waals surface area contributed by atoms with E-state index in [0.29, 0.717) is 37.7 Å². The van der Waals surface area contributed by atoms with E-state index in [9.17, 15) is 13.6 Å². The minimum Gasteiger partial charge on any atom is -0.493 e. The van der Waals surface area contributed by atoms with Crippen molar-refractivity contribution < 1.29 is 18.3 Å². The number of hydrogen-bond donors (Lipinski definition) is 0. The van der Waals surface area contributed by atoms with Gasteiger partial charge in [0, 0.05) is 18.1 Å². The second-order valence-corrected chi connectivity index (χ2v) is 8.68. The van der Waals surface area contributed by atoms with E-state index in [1.165, 1.54) is 12.8 Å². The Labute approximate surface area is 160 Å². The average Bonchev–Trinajstić information content (AvgIpc) is 3.52. The number of carbonyl (C=O) groups is 1. The van der Waals surface area contributed by atoms with Crippen LogP contribution in [0.4, 0.5) is 8.78 Å². The van der Waals surface area contributed by atoms with E-state index in [1.807, 2.05) is 0 Å².